The van der Waals surface area contributed by atoms with Gasteiger partial charge in [0, 0.05) is 10.5 Å². The third-order valence-corrected chi connectivity index (χ3v) is 1.92. The van der Waals surface area contributed by atoms with Crippen LogP contribution in [0.25, 0.3) is 0 Å². The van der Waals surface area contributed by atoms with Gasteiger partial charge >= 0.3 is 0 Å². The van der Waals surface area contributed by atoms with Crippen LogP contribution in [0.2, 0.25) is 5.15 Å². The zero-order valence-electron chi connectivity index (χ0n) is 4.64. The molecule has 1 rings (SSSR count). The third-order valence-electron chi connectivity index (χ3n) is 0.814. The van der Waals surface area contributed by atoms with Crippen molar-refractivity contribution in [3.05, 3.63) is 21.8 Å². The number of pyridine rings is 1. The zero-order chi connectivity index (χ0) is 7.56. The van der Waals surface area contributed by atoms with Gasteiger partial charge in [-0.25, -0.2) is 4.98 Å². The molecule has 0 fully saturated rings. The molecule has 0 radical (unpaired) electrons. The number of hydrogen-bond donors (Lipinski definition) is 0. The first-order valence-electron chi connectivity index (χ1n) is 2.34. The van der Waals surface area contributed by atoms with Gasteiger partial charge in [0.2, 0.25) is 5.88 Å². The van der Waals surface area contributed by atoms with Crippen molar-refractivity contribution in [1.29, 1.82) is 0 Å². The topological polar surface area (TPSA) is 22.1 Å². The molecular weight excluding hydrogens is 332 g/mol. The van der Waals surface area contributed by atoms with Crippen LogP contribution in [-0.4, -0.2) is 4.98 Å². The van der Waals surface area contributed by atoms with Crippen molar-refractivity contribution in [3.8, 4) is 5.88 Å². The van der Waals surface area contributed by atoms with Crippen LogP contribution < -0.4 is 3.07 Å². The molecule has 0 bridgehead atoms. The number of aromatic nitrogens is 1. The highest BCUT2D eigenvalue weighted by molar-refractivity contribution is 14.1. The van der Waals surface area contributed by atoms with E-state index in [1.807, 2.05) is 0 Å². The summed E-state index contributed by atoms with van der Waals surface area (Å²) in [5, 5.41) is 0.418. The molecule has 0 amide bonds. The second kappa shape index (κ2) is 3.73. The second-order valence-corrected chi connectivity index (χ2v) is 3.27. The summed E-state index contributed by atoms with van der Waals surface area (Å²) in [6.07, 6.45) is 0. The van der Waals surface area contributed by atoms with Crippen LogP contribution in [0.15, 0.2) is 16.6 Å². The van der Waals surface area contributed by atoms with Gasteiger partial charge in [0.1, 0.15) is 5.15 Å². The molecule has 0 aliphatic rings. The summed E-state index contributed by atoms with van der Waals surface area (Å²) in [7, 11) is 0. The minimum Gasteiger partial charge on any atom is -0.408 e. The van der Waals surface area contributed by atoms with E-state index in [0.29, 0.717) is 11.0 Å². The van der Waals surface area contributed by atoms with Crippen molar-refractivity contribution < 1.29 is 3.07 Å². The lowest BCUT2D eigenvalue weighted by Gasteiger charge is -1.96. The highest BCUT2D eigenvalue weighted by Crippen LogP contribution is 2.21. The summed E-state index contributed by atoms with van der Waals surface area (Å²) in [4.78, 5) is 3.86. The van der Waals surface area contributed by atoms with Gasteiger partial charge in [-0.2, -0.15) is 0 Å². The predicted molar refractivity (Wildman–Crippen MR) is 51.6 cm³/mol. The molecule has 2 nitrogen and oxygen atoms in total. The summed E-state index contributed by atoms with van der Waals surface area (Å²) in [6, 6.07) is 3.43. The van der Waals surface area contributed by atoms with Crippen molar-refractivity contribution in [1.82, 2.24) is 4.98 Å². The number of halogens is 3. The molecule has 5 heteroatoms. The van der Waals surface area contributed by atoms with Crippen molar-refractivity contribution in [2.75, 3.05) is 0 Å². The van der Waals surface area contributed by atoms with Crippen molar-refractivity contribution >= 4 is 50.5 Å². The lowest BCUT2D eigenvalue weighted by molar-refractivity contribution is 0.680. The fraction of sp³-hybridized carbons (Fsp3) is 0. The Morgan fingerprint density at radius 1 is 1.60 bits per heavy atom. The normalized spacial score (nSPS) is 9.50. The third kappa shape index (κ3) is 2.25. The number of hydrogen-bond acceptors (Lipinski definition) is 2. The monoisotopic (exact) mass is 333 g/mol. The molecule has 54 valence electrons. The summed E-state index contributed by atoms with van der Waals surface area (Å²) in [6.45, 7) is 0. The van der Waals surface area contributed by atoms with Gasteiger partial charge in [0.15, 0.2) is 23.0 Å². The average molecular weight is 334 g/mol. The minimum absolute atomic E-state index is 0.418. The van der Waals surface area contributed by atoms with Crippen LogP contribution in [0.1, 0.15) is 0 Å². The molecule has 1 heterocycles. The van der Waals surface area contributed by atoms with Crippen LogP contribution in [0.3, 0.4) is 0 Å². The van der Waals surface area contributed by atoms with Gasteiger partial charge in [-0.15, -0.1) is 0 Å². The van der Waals surface area contributed by atoms with Crippen LogP contribution in [0.5, 0.6) is 5.88 Å². The molecule has 0 saturated carbocycles. The van der Waals surface area contributed by atoms with Crippen LogP contribution in [0.4, 0.5) is 0 Å². The van der Waals surface area contributed by atoms with E-state index in [-0.39, 0.29) is 0 Å². The second-order valence-electron chi connectivity index (χ2n) is 1.52. The fourth-order valence-electron chi connectivity index (χ4n) is 0.483. The van der Waals surface area contributed by atoms with Crippen LogP contribution in [-0.2, 0) is 0 Å². The minimum atomic E-state index is 0.418. The molecule has 0 aliphatic carbocycles. The standard InChI is InChI=1S/C5H2BrClINO/c6-3-1-4(7)9-5(2-3)10-8/h1-2H. The lowest BCUT2D eigenvalue weighted by Crippen LogP contribution is -1.80. The van der Waals surface area contributed by atoms with E-state index in [2.05, 4.69) is 20.9 Å². The highest BCUT2D eigenvalue weighted by Gasteiger charge is 1.97. The fourth-order valence-corrected chi connectivity index (χ4v) is 1.45. The average Bonchev–Trinajstić information content (AvgIpc) is 1.85. The summed E-state index contributed by atoms with van der Waals surface area (Å²) < 4.78 is 5.68. The Morgan fingerprint density at radius 2 is 2.30 bits per heavy atom. The number of rotatable bonds is 1. The first-order valence-corrected chi connectivity index (χ1v) is 4.39. The maximum Gasteiger partial charge on any atom is 0.227 e. The molecule has 10 heavy (non-hydrogen) atoms. The van der Waals surface area contributed by atoms with Crippen LogP contribution >= 0.6 is 50.5 Å². The molecule has 0 atom stereocenters. The Morgan fingerprint density at radius 3 is 2.80 bits per heavy atom. The number of nitrogens with zero attached hydrogens (tertiary/aromatic N) is 1. The first-order chi connectivity index (χ1) is 4.72. The summed E-state index contributed by atoms with van der Waals surface area (Å²) in [5.74, 6) is 0.500. The van der Waals surface area contributed by atoms with Gasteiger partial charge in [-0.1, -0.05) is 27.5 Å². The van der Waals surface area contributed by atoms with E-state index in [1.54, 1.807) is 35.1 Å². The quantitative estimate of drug-likeness (QED) is 0.581. The highest BCUT2D eigenvalue weighted by atomic mass is 127. The SMILES string of the molecule is Clc1cc(Br)cc(OI)n1. The Kier molecular flexibility index (Phi) is 3.19. The Balaban J connectivity index is 3.06. The van der Waals surface area contributed by atoms with Gasteiger partial charge in [-0.05, 0) is 6.07 Å². The van der Waals surface area contributed by atoms with E-state index < -0.39 is 0 Å². The van der Waals surface area contributed by atoms with Gasteiger partial charge in [-0.3, -0.25) is 0 Å². The maximum atomic E-state index is 5.60. The Labute approximate surface area is 85.7 Å². The van der Waals surface area contributed by atoms with Gasteiger partial charge in [0.25, 0.3) is 0 Å². The smallest absolute Gasteiger partial charge is 0.227 e. The van der Waals surface area contributed by atoms with E-state index in [0.717, 1.165) is 4.47 Å². The van der Waals surface area contributed by atoms with Crippen molar-refractivity contribution in [3.63, 3.8) is 0 Å². The molecule has 0 aliphatic heterocycles. The lowest BCUT2D eigenvalue weighted by atomic mass is 10.5. The van der Waals surface area contributed by atoms with Crippen LogP contribution in [0, 0.1) is 0 Å². The molecule has 0 aromatic carbocycles. The molecule has 0 unspecified atom stereocenters. The van der Waals surface area contributed by atoms with E-state index in [1.165, 1.54) is 0 Å². The Bertz CT molecular complexity index is 225. The van der Waals surface area contributed by atoms with E-state index in [9.17, 15) is 0 Å². The molecular formula is C5H2BrClINO. The molecule has 0 saturated heterocycles. The van der Waals surface area contributed by atoms with Crippen molar-refractivity contribution in [2.24, 2.45) is 0 Å². The summed E-state index contributed by atoms with van der Waals surface area (Å²) >= 11 is 10.6. The predicted octanol–water partition coefficient (Wildman–Crippen LogP) is 3.23. The largest absolute Gasteiger partial charge is 0.408 e. The van der Waals surface area contributed by atoms with Gasteiger partial charge < -0.3 is 3.07 Å². The zero-order valence-corrected chi connectivity index (χ0v) is 9.14. The molecule has 0 spiro atoms. The summed E-state index contributed by atoms with van der Waals surface area (Å²) in [5.41, 5.74) is 0. The van der Waals surface area contributed by atoms with E-state index >= 15 is 0 Å². The molecule has 1 aromatic rings. The molecule has 0 N–H and O–H groups in total. The van der Waals surface area contributed by atoms with Crippen molar-refractivity contribution in [2.45, 2.75) is 0 Å². The maximum absolute atomic E-state index is 5.60. The van der Waals surface area contributed by atoms with Gasteiger partial charge in [0.05, 0.1) is 0 Å². The molecule has 1 aromatic heterocycles. The van der Waals surface area contributed by atoms with E-state index in [4.69, 9.17) is 14.7 Å². The Hall–Kier alpha value is 0.450. The first kappa shape index (κ1) is 8.55.